The number of rotatable bonds is 5. The molecule has 0 aromatic carbocycles. The number of nitrogens with zero attached hydrogens (tertiary/aromatic N) is 3. The van der Waals surface area contributed by atoms with E-state index in [0.29, 0.717) is 0 Å². The summed E-state index contributed by atoms with van der Waals surface area (Å²) in [6.45, 7) is 3.14. The van der Waals surface area contributed by atoms with E-state index in [-0.39, 0.29) is 6.04 Å². The van der Waals surface area contributed by atoms with Gasteiger partial charge in [0, 0.05) is 29.6 Å². The molecule has 0 aliphatic heterocycles. The van der Waals surface area contributed by atoms with Gasteiger partial charge in [-0.15, -0.1) is 0 Å². The van der Waals surface area contributed by atoms with Crippen LogP contribution in [0.3, 0.4) is 0 Å². The molecule has 2 aromatic heterocycles. The summed E-state index contributed by atoms with van der Waals surface area (Å²) in [4.78, 5) is 8.90. The first kappa shape index (κ1) is 13.2. The highest BCUT2D eigenvalue weighted by Crippen LogP contribution is 2.20. The number of imidazole rings is 1. The Morgan fingerprint density at radius 1 is 1.39 bits per heavy atom. The van der Waals surface area contributed by atoms with Crippen LogP contribution in [0.4, 0.5) is 0 Å². The Balaban J connectivity index is 2.32. The maximum absolute atomic E-state index is 4.45. The lowest BCUT2D eigenvalue weighted by Crippen LogP contribution is -2.23. The summed E-state index contributed by atoms with van der Waals surface area (Å²) in [5.41, 5.74) is 0.976. The van der Waals surface area contributed by atoms with Crippen molar-refractivity contribution in [2.75, 3.05) is 7.05 Å². The SMILES string of the molecule is CCCn1ccnc1C(NC)c1ccc(Br)cn1. The van der Waals surface area contributed by atoms with Gasteiger partial charge in [0.05, 0.1) is 5.69 Å². The van der Waals surface area contributed by atoms with Crippen LogP contribution in [0.25, 0.3) is 0 Å². The molecule has 96 valence electrons. The van der Waals surface area contributed by atoms with E-state index in [4.69, 9.17) is 0 Å². The molecule has 0 saturated carbocycles. The monoisotopic (exact) mass is 308 g/mol. The molecule has 4 nitrogen and oxygen atoms in total. The van der Waals surface area contributed by atoms with Gasteiger partial charge in [-0.05, 0) is 41.5 Å². The molecular formula is C13H17BrN4. The average Bonchev–Trinajstić information content (AvgIpc) is 2.82. The van der Waals surface area contributed by atoms with Gasteiger partial charge < -0.3 is 9.88 Å². The van der Waals surface area contributed by atoms with Gasteiger partial charge >= 0.3 is 0 Å². The van der Waals surface area contributed by atoms with Crippen LogP contribution in [-0.4, -0.2) is 21.6 Å². The second-order valence-corrected chi connectivity index (χ2v) is 5.02. The molecule has 1 atom stereocenters. The van der Waals surface area contributed by atoms with Crippen molar-refractivity contribution in [3.05, 3.63) is 46.7 Å². The Kier molecular flexibility index (Phi) is 4.49. The van der Waals surface area contributed by atoms with Crippen LogP contribution in [0.15, 0.2) is 35.2 Å². The zero-order chi connectivity index (χ0) is 13.0. The fraction of sp³-hybridized carbons (Fsp3) is 0.385. The highest BCUT2D eigenvalue weighted by molar-refractivity contribution is 9.10. The van der Waals surface area contributed by atoms with Gasteiger partial charge in [0.15, 0.2) is 0 Å². The van der Waals surface area contributed by atoms with Crippen molar-refractivity contribution >= 4 is 15.9 Å². The number of aryl methyl sites for hydroxylation is 1. The fourth-order valence-corrected chi connectivity index (χ4v) is 2.21. The van der Waals surface area contributed by atoms with E-state index < -0.39 is 0 Å². The number of halogens is 1. The first-order chi connectivity index (χ1) is 8.76. The summed E-state index contributed by atoms with van der Waals surface area (Å²) in [6.07, 6.45) is 6.76. The third-order valence-corrected chi connectivity index (χ3v) is 3.27. The summed E-state index contributed by atoms with van der Waals surface area (Å²) in [6, 6.07) is 4.04. The Morgan fingerprint density at radius 2 is 2.22 bits per heavy atom. The van der Waals surface area contributed by atoms with E-state index in [1.807, 2.05) is 37.8 Å². The zero-order valence-corrected chi connectivity index (χ0v) is 12.2. The second kappa shape index (κ2) is 6.11. The molecule has 0 spiro atoms. The predicted molar refractivity (Wildman–Crippen MR) is 75.4 cm³/mol. The van der Waals surface area contributed by atoms with E-state index >= 15 is 0 Å². The van der Waals surface area contributed by atoms with Crippen LogP contribution >= 0.6 is 15.9 Å². The molecule has 0 aliphatic carbocycles. The van der Waals surface area contributed by atoms with Crippen LogP contribution in [0, 0.1) is 0 Å². The Hall–Kier alpha value is -1.20. The summed E-state index contributed by atoms with van der Waals surface area (Å²) >= 11 is 3.40. The lowest BCUT2D eigenvalue weighted by atomic mass is 10.1. The number of pyridine rings is 1. The molecule has 0 bridgehead atoms. The van der Waals surface area contributed by atoms with E-state index in [9.17, 15) is 0 Å². The minimum Gasteiger partial charge on any atom is -0.333 e. The van der Waals surface area contributed by atoms with Crippen molar-refractivity contribution < 1.29 is 0 Å². The summed E-state index contributed by atoms with van der Waals surface area (Å²) < 4.78 is 3.16. The van der Waals surface area contributed by atoms with E-state index in [1.165, 1.54) is 0 Å². The largest absolute Gasteiger partial charge is 0.333 e. The van der Waals surface area contributed by atoms with Gasteiger partial charge in [0.25, 0.3) is 0 Å². The van der Waals surface area contributed by atoms with Crippen molar-refractivity contribution in [3.63, 3.8) is 0 Å². The van der Waals surface area contributed by atoms with Gasteiger partial charge in [0.2, 0.25) is 0 Å². The van der Waals surface area contributed by atoms with Gasteiger partial charge in [-0.25, -0.2) is 4.98 Å². The second-order valence-electron chi connectivity index (χ2n) is 4.10. The zero-order valence-electron chi connectivity index (χ0n) is 10.6. The molecule has 1 unspecified atom stereocenters. The minimum absolute atomic E-state index is 0.0275. The van der Waals surface area contributed by atoms with E-state index in [2.05, 4.69) is 42.7 Å². The lowest BCUT2D eigenvalue weighted by Gasteiger charge is -2.17. The molecule has 18 heavy (non-hydrogen) atoms. The fourth-order valence-electron chi connectivity index (χ4n) is 1.98. The molecule has 0 fully saturated rings. The molecule has 2 rings (SSSR count). The van der Waals surface area contributed by atoms with Crippen molar-refractivity contribution in [2.24, 2.45) is 0 Å². The predicted octanol–water partition coefficient (Wildman–Crippen LogP) is 2.76. The van der Waals surface area contributed by atoms with E-state index in [0.717, 1.165) is 29.0 Å². The summed E-state index contributed by atoms with van der Waals surface area (Å²) in [5, 5.41) is 3.28. The third-order valence-electron chi connectivity index (χ3n) is 2.81. The van der Waals surface area contributed by atoms with Crippen LogP contribution in [0.5, 0.6) is 0 Å². The topological polar surface area (TPSA) is 42.7 Å². The van der Waals surface area contributed by atoms with Crippen LogP contribution in [0.2, 0.25) is 0 Å². The van der Waals surface area contributed by atoms with Crippen LogP contribution < -0.4 is 5.32 Å². The maximum Gasteiger partial charge on any atom is 0.132 e. The number of aromatic nitrogens is 3. The Bertz CT molecular complexity index is 492. The molecule has 0 amide bonds. The quantitative estimate of drug-likeness (QED) is 0.923. The molecular weight excluding hydrogens is 292 g/mol. The third kappa shape index (κ3) is 2.79. The average molecular weight is 309 g/mol. The maximum atomic E-state index is 4.45. The first-order valence-corrected chi connectivity index (χ1v) is 6.85. The van der Waals surface area contributed by atoms with Gasteiger partial charge in [-0.1, -0.05) is 6.92 Å². The molecule has 0 radical (unpaired) electrons. The highest BCUT2D eigenvalue weighted by atomic mass is 79.9. The Morgan fingerprint density at radius 3 is 2.83 bits per heavy atom. The normalized spacial score (nSPS) is 12.6. The van der Waals surface area contributed by atoms with Gasteiger partial charge in [-0.3, -0.25) is 4.98 Å². The van der Waals surface area contributed by atoms with Crippen molar-refractivity contribution in [1.82, 2.24) is 19.9 Å². The van der Waals surface area contributed by atoms with Gasteiger partial charge in [0.1, 0.15) is 11.9 Å². The summed E-state index contributed by atoms with van der Waals surface area (Å²) in [5.74, 6) is 1.01. The minimum atomic E-state index is 0.0275. The molecule has 2 aromatic rings. The van der Waals surface area contributed by atoms with Crippen LogP contribution in [0.1, 0.15) is 30.9 Å². The molecule has 0 saturated heterocycles. The number of hydrogen-bond donors (Lipinski definition) is 1. The molecule has 5 heteroatoms. The highest BCUT2D eigenvalue weighted by Gasteiger charge is 2.18. The Labute approximate surface area is 116 Å². The van der Waals surface area contributed by atoms with Crippen molar-refractivity contribution in [1.29, 1.82) is 0 Å². The molecule has 2 heterocycles. The number of nitrogens with one attached hydrogen (secondary N) is 1. The smallest absolute Gasteiger partial charge is 0.132 e. The van der Waals surface area contributed by atoms with Crippen molar-refractivity contribution in [3.8, 4) is 0 Å². The standard InChI is InChI=1S/C13H17BrN4/c1-3-7-18-8-6-16-13(18)12(15-2)11-5-4-10(14)9-17-11/h4-6,8-9,12,15H,3,7H2,1-2H3. The van der Waals surface area contributed by atoms with Crippen molar-refractivity contribution in [2.45, 2.75) is 25.9 Å². The van der Waals surface area contributed by atoms with E-state index in [1.54, 1.807) is 0 Å². The number of hydrogen-bond acceptors (Lipinski definition) is 3. The van der Waals surface area contributed by atoms with Gasteiger partial charge in [-0.2, -0.15) is 0 Å². The molecule has 0 aliphatic rings. The first-order valence-electron chi connectivity index (χ1n) is 6.06. The lowest BCUT2D eigenvalue weighted by molar-refractivity contribution is 0.559. The molecule has 1 N–H and O–H groups in total. The van der Waals surface area contributed by atoms with Crippen LogP contribution in [-0.2, 0) is 6.54 Å². The summed E-state index contributed by atoms with van der Waals surface area (Å²) in [7, 11) is 1.93.